The monoisotopic (exact) mass is 469 g/mol. The molecule has 1 aliphatic heterocycles. The van der Waals surface area contributed by atoms with Crippen molar-refractivity contribution >= 4 is 29.5 Å². The zero-order valence-electron chi connectivity index (χ0n) is 18.9. The number of rotatable bonds is 4. The molecule has 0 bridgehead atoms. The van der Waals surface area contributed by atoms with Crippen LogP contribution in [0.25, 0.3) is 0 Å². The summed E-state index contributed by atoms with van der Waals surface area (Å²) in [7, 11) is 0. The molecule has 0 aromatic heterocycles. The van der Waals surface area contributed by atoms with Crippen LogP contribution in [0.2, 0.25) is 0 Å². The van der Waals surface area contributed by atoms with E-state index in [-0.39, 0.29) is 17.7 Å². The van der Waals surface area contributed by atoms with Gasteiger partial charge in [-0.1, -0.05) is 25.1 Å². The van der Waals surface area contributed by atoms with E-state index >= 15 is 0 Å². The molecule has 4 rings (SSSR count). The van der Waals surface area contributed by atoms with E-state index in [1.54, 1.807) is 23.1 Å². The molecule has 3 amide bonds. The topological polar surface area (TPSA) is 108 Å². The fourth-order valence-corrected chi connectivity index (χ4v) is 4.59. The molecule has 9 heteroatoms. The van der Waals surface area contributed by atoms with Crippen LogP contribution in [0.3, 0.4) is 0 Å². The van der Waals surface area contributed by atoms with Gasteiger partial charge in [0.25, 0.3) is 0 Å². The maximum Gasteiger partial charge on any atom is 0.410 e. The second-order valence-electron chi connectivity index (χ2n) is 8.95. The smallest absolute Gasteiger partial charge is 0.410 e. The van der Waals surface area contributed by atoms with E-state index < -0.39 is 29.8 Å². The second-order valence-corrected chi connectivity index (χ2v) is 8.95. The molecule has 1 heterocycles. The number of nitrogens with zero attached hydrogens (tertiary/aromatic N) is 1. The van der Waals surface area contributed by atoms with Gasteiger partial charge in [0.05, 0.1) is 11.6 Å². The molecule has 1 saturated carbocycles. The first-order valence-corrected chi connectivity index (χ1v) is 11.4. The summed E-state index contributed by atoms with van der Waals surface area (Å²) in [5.41, 5.74) is 2.61. The molecule has 3 atom stereocenters. The first-order valence-electron chi connectivity index (χ1n) is 11.4. The number of hydrogen-bond donors (Lipinski definition) is 3. The number of amides is 3. The van der Waals surface area contributed by atoms with Gasteiger partial charge in [-0.2, -0.15) is 0 Å². The van der Waals surface area contributed by atoms with Crippen LogP contribution in [0.4, 0.5) is 25.4 Å². The van der Waals surface area contributed by atoms with Crippen LogP contribution in [-0.4, -0.2) is 40.7 Å². The van der Waals surface area contributed by atoms with Gasteiger partial charge in [-0.15, -0.1) is 0 Å². The number of carboxylic acid groups (broad SMARTS) is 1. The zero-order chi connectivity index (χ0) is 24.2. The molecule has 3 unspecified atom stereocenters. The Morgan fingerprint density at radius 1 is 1.09 bits per heavy atom. The summed E-state index contributed by atoms with van der Waals surface area (Å²) in [6.45, 7) is 2.76. The van der Waals surface area contributed by atoms with Gasteiger partial charge >= 0.3 is 18.1 Å². The standard InChI is InChI=1S/C25H28FN3O5/c1-15-6-9-19(13-20(15)23(30)31)34-25(33)29-11-10-16-12-18(8-7-17(16)14-29)27-24(32)28-22-5-3-2-4-21(22)26/h2-5,7-8,12,15,19-20H,6,9-11,13-14H2,1H3,(H,30,31)(H2,27,28,32). The van der Waals surface area contributed by atoms with Crippen molar-refractivity contribution in [2.45, 2.75) is 45.3 Å². The van der Waals surface area contributed by atoms with Gasteiger partial charge in [0.1, 0.15) is 11.9 Å². The minimum Gasteiger partial charge on any atom is -0.481 e. The highest BCUT2D eigenvalue weighted by molar-refractivity contribution is 5.99. The molecular formula is C25H28FN3O5. The van der Waals surface area contributed by atoms with Crippen molar-refractivity contribution in [1.29, 1.82) is 0 Å². The number of urea groups is 1. The highest BCUT2D eigenvalue weighted by atomic mass is 19.1. The van der Waals surface area contributed by atoms with Crippen molar-refractivity contribution in [2.24, 2.45) is 11.8 Å². The Kier molecular flexibility index (Phi) is 7.00. The number of anilines is 2. The Hall–Kier alpha value is -3.62. The number of carbonyl (C=O) groups excluding carboxylic acids is 2. The van der Waals surface area contributed by atoms with Crippen LogP contribution in [0, 0.1) is 17.7 Å². The Bertz CT molecular complexity index is 1090. The van der Waals surface area contributed by atoms with E-state index in [0.29, 0.717) is 38.0 Å². The minimum atomic E-state index is -0.841. The molecule has 34 heavy (non-hydrogen) atoms. The van der Waals surface area contributed by atoms with E-state index in [9.17, 15) is 23.9 Å². The lowest BCUT2D eigenvalue weighted by Gasteiger charge is -2.34. The molecule has 0 saturated heterocycles. The van der Waals surface area contributed by atoms with Crippen molar-refractivity contribution in [1.82, 2.24) is 4.90 Å². The van der Waals surface area contributed by atoms with Gasteiger partial charge in [0.2, 0.25) is 0 Å². The summed E-state index contributed by atoms with van der Waals surface area (Å²) < 4.78 is 19.4. The van der Waals surface area contributed by atoms with E-state index in [1.807, 2.05) is 19.1 Å². The average Bonchev–Trinajstić information content (AvgIpc) is 2.81. The number of aliphatic carboxylic acids is 1. The van der Waals surface area contributed by atoms with E-state index in [4.69, 9.17) is 4.74 Å². The van der Waals surface area contributed by atoms with Crippen molar-refractivity contribution < 1.29 is 28.6 Å². The molecule has 2 aromatic carbocycles. The largest absolute Gasteiger partial charge is 0.481 e. The van der Waals surface area contributed by atoms with Crippen LogP contribution in [0.15, 0.2) is 42.5 Å². The molecule has 1 aliphatic carbocycles. The molecule has 180 valence electrons. The number of para-hydroxylation sites is 1. The Labute approximate surface area is 197 Å². The molecule has 2 aliphatic rings. The maximum absolute atomic E-state index is 13.7. The van der Waals surface area contributed by atoms with Gasteiger partial charge < -0.3 is 25.4 Å². The lowest BCUT2D eigenvalue weighted by molar-refractivity contribution is -0.146. The quantitative estimate of drug-likeness (QED) is 0.593. The van der Waals surface area contributed by atoms with Gasteiger partial charge in [-0.25, -0.2) is 14.0 Å². The molecule has 2 aromatic rings. The number of benzene rings is 2. The third kappa shape index (κ3) is 5.47. The average molecular weight is 470 g/mol. The predicted molar refractivity (Wildman–Crippen MR) is 124 cm³/mol. The first-order chi connectivity index (χ1) is 16.3. The van der Waals surface area contributed by atoms with E-state index in [0.717, 1.165) is 17.5 Å². The minimum absolute atomic E-state index is 0.0749. The molecular weight excluding hydrogens is 441 g/mol. The number of halogens is 1. The molecule has 8 nitrogen and oxygen atoms in total. The SMILES string of the molecule is CC1CCC(OC(=O)N2CCc3cc(NC(=O)Nc4ccccc4F)ccc3C2)CC1C(=O)O. The van der Waals surface area contributed by atoms with Crippen molar-refractivity contribution in [2.75, 3.05) is 17.2 Å². The molecule has 1 fully saturated rings. The highest BCUT2D eigenvalue weighted by Crippen LogP contribution is 2.32. The number of ether oxygens (including phenoxy) is 1. The number of carbonyl (C=O) groups is 3. The zero-order valence-corrected chi connectivity index (χ0v) is 18.9. The van der Waals surface area contributed by atoms with Crippen LogP contribution >= 0.6 is 0 Å². The summed E-state index contributed by atoms with van der Waals surface area (Å²) in [4.78, 5) is 38.0. The molecule has 0 radical (unpaired) electrons. The molecule has 0 spiro atoms. The summed E-state index contributed by atoms with van der Waals surface area (Å²) in [5.74, 6) is -1.77. The van der Waals surface area contributed by atoms with Crippen LogP contribution < -0.4 is 10.6 Å². The van der Waals surface area contributed by atoms with Crippen LogP contribution in [0.5, 0.6) is 0 Å². The Morgan fingerprint density at radius 2 is 1.88 bits per heavy atom. The Balaban J connectivity index is 1.32. The molecule has 3 N–H and O–H groups in total. The number of hydrogen-bond acceptors (Lipinski definition) is 4. The van der Waals surface area contributed by atoms with E-state index in [2.05, 4.69) is 10.6 Å². The van der Waals surface area contributed by atoms with Crippen molar-refractivity contribution in [3.63, 3.8) is 0 Å². The second kappa shape index (κ2) is 10.1. The van der Waals surface area contributed by atoms with Crippen molar-refractivity contribution in [3.8, 4) is 0 Å². The third-order valence-electron chi connectivity index (χ3n) is 6.59. The number of fused-ring (bicyclic) bond motifs is 1. The van der Waals surface area contributed by atoms with Crippen LogP contribution in [0.1, 0.15) is 37.3 Å². The maximum atomic E-state index is 13.7. The lowest BCUT2D eigenvalue weighted by Crippen LogP contribution is -2.40. The summed E-state index contributed by atoms with van der Waals surface area (Å²) in [6.07, 6.45) is 1.51. The van der Waals surface area contributed by atoms with Gasteiger partial charge in [-0.3, -0.25) is 4.79 Å². The Morgan fingerprint density at radius 3 is 2.65 bits per heavy atom. The highest BCUT2D eigenvalue weighted by Gasteiger charge is 2.35. The number of carboxylic acids is 1. The third-order valence-corrected chi connectivity index (χ3v) is 6.59. The predicted octanol–water partition coefficient (Wildman–Crippen LogP) is 4.85. The first kappa shape index (κ1) is 23.5. The lowest BCUT2D eigenvalue weighted by atomic mass is 9.79. The summed E-state index contributed by atoms with van der Waals surface area (Å²) >= 11 is 0. The van der Waals surface area contributed by atoms with Crippen LogP contribution in [-0.2, 0) is 22.5 Å². The summed E-state index contributed by atoms with van der Waals surface area (Å²) in [6, 6.07) is 10.8. The number of nitrogens with one attached hydrogen (secondary N) is 2. The normalized spacial score (nSPS) is 21.8. The summed E-state index contributed by atoms with van der Waals surface area (Å²) in [5, 5.41) is 14.6. The van der Waals surface area contributed by atoms with E-state index in [1.165, 1.54) is 12.1 Å². The van der Waals surface area contributed by atoms with Gasteiger partial charge in [0.15, 0.2) is 0 Å². The van der Waals surface area contributed by atoms with Crippen molar-refractivity contribution in [3.05, 3.63) is 59.4 Å². The van der Waals surface area contributed by atoms with Gasteiger partial charge in [-0.05, 0) is 67.0 Å². The van der Waals surface area contributed by atoms with Gasteiger partial charge in [0, 0.05) is 18.8 Å². The fourth-order valence-electron chi connectivity index (χ4n) is 4.59. The fraction of sp³-hybridized carbons (Fsp3) is 0.400.